The molecule has 2 aromatic heterocycles. The molecule has 0 aliphatic carbocycles. The molecular formula is C19H21ClN4O2. The maximum Gasteiger partial charge on any atom is 0.259 e. The van der Waals surface area contributed by atoms with Crippen LogP contribution in [0.1, 0.15) is 13.8 Å². The molecule has 0 fully saturated rings. The van der Waals surface area contributed by atoms with Gasteiger partial charge >= 0.3 is 0 Å². The van der Waals surface area contributed by atoms with Crippen LogP contribution in [0.2, 0.25) is 5.02 Å². The van der Waals surface area contributed by atoms with E-state index in [-0.39, 0.29) is 24.1 Å². The van der Waals surface area contributed by atoms with E-state index in [1.165, 1.54) is 4.57 Å². The second-order valence-corrected chi connectivity index (χ2v) is 6.96. The van der Waals surface area contributed by atoms with Crippen molar-refractivity contribution in [3.8, 4) is 11.1 Å². The van der Waals surface area contributed by atoms with Crippen LogP contribution in [0.4, 0.5) is 5.95 Å². The second kappa shape index (κ2) is 7.43. The number of aliphatic hydroxyl groups is 1. The van der Waals surface area contributed by atoms with E-state index in [0.717, 1.165) is 5.39 Å². The van der Waals surface area contributed by atoms with Crippen molar-refractivity contribution in [2.45, 2.75) is 19.9 Å². The van der Waals surface area contributed by atoms with Crippen molar-refractivity contribution in [2.75, 3.05) is 11.9 Å². The summed E-state index contributed by atoms with van der Waals surface area (Å²) in [4.78, 5) is 21.6. The van der Waals surface area contributed by atoms with Gasteiger partial charge in [-0.2, -0.15) is 4.98 Å². The van der Waals surface area contributed by atoms with Crippen LogP contribution in [0.5, 0.6) is 0 Å². The average molecular weight is 373 g/mol. The minimum absolute atomic E-state index is 0.0244. The zero-order chi connectivity index (χ0) is 18.8. The van der Waals surface area contributed by atoms with Gasteiger partial charge in [-0.1, -0.05) is 43.6 Å². The maximum absolute atomic E-state index is 12.8. The van der Waals surface area contributed by atoms with Gasteiger partial charge in [0, 0.05) is 34.8 Å². The molecule has 7 heteroatoms. The summed E-state index contributed by atoms with van der Waals surface area (Å²) < 4.78 is 1.49. The van der Waals surface area contributed by atoms with E-state index in [2.05, 4.69) is 15.3 Å². The largest absolute Gasteiger partial charge is 0.394 e. The highest BCUT2D eigenvalue weighted by Gasteiger charge is 2.16. The number of benzene rings is 1. The Hall–Kier alpha value is -2.44. The van der Waals surface area contributed by atoms with Gasteiger partial charge in [-0.05, 0) is 18.1 Å². The molecule has 136 valence electrons. The van der Waals surface area contributed by atoms with Crippen molar-refractivity contribution in [2.24, 2.45) is 13.0 Å². The van der Waals surface area contributed by atoms with Crippen molar-refractivity contribution >= 4 is 28.6 Å². The van der Waals surface area contributed by atoms with Crippen molar-refractivity contribution in [1.29, 1.82) is 0 Å². The van der Waals surface area contributed by atoms with Crippen LogP contribution in [0.25, 0.3) is 22.2 Å². The lowest BCUT2D eigenvalue weighted by molar-refractivity contribution is 0.248. The average Bonchev–Trinajstić information content (AvgIpc) is 2.63. The number of fused-ring (bicyclic) bond motifs is 1. The molecule has 2 N–H and O–H groups in total. The van der Waals surface area contributed by atoms with Crippen molar-refractivity contribution in [3.05, 3.63) is 51.9 Å². The first-order valence-corrected chi connectivity index (χ1v) is 8.79. The highest BCUT2D eigenvalue weighted by atomic mass is 35.5. The fraction of sp³-hybridized carbons (Fsp3) is 0.316. The van der Waals surface area contributed by atoms with Gasteiger partial charge in [-0.3, -0.25) is 9.36 Å². The molecular weight excluding hydrogens is 352 g/mol. The third-order valence-corrected chi connectivity index (χ3v) is 4.76. The van der Waals surface area contributed by atoms with Crippen LogP contribution >= 0.6 is 11.6 Å². The minimum atomic E-state index is -0.183. The summed E-state index contributed by atoms with van der Waals surface area (Å²) in [6.45, 7) is 3.98. The Morgan fingerprint density at radius 3 is 2.65 bits per heavy atom. The fourth-order valence-electron chi connectivity index (χ4n) is 2.78. The van der Waals surface area contributed by atoms with Gasteiger partial charge in [0.2, 0.25) is 5.95 Å². The summed E-state index contributed by atoms with van der Waals surface area (Å²) in [5.41, 5.74) is 1.52. The van der Waals surface area contributed by atoms with Gasteiger partial charge in [0.05, 0.1) is 12.6 Å². The van der Waals surface area contributed by atoms with Gasteiger partial charge in [0.25, 0.3) is 5.56 Å². The number of aromatic nitrogens is 3. The summed E-state index contributed by atoms with van der Waals surface area (Å²) >= 11 is 6.25. The Bertz CT molecular complexity index is 1000. The van der Waals surface area contributed by atoms with Gasteiger partial charge in [0.1, 0.15) is 5.65 Å². The number of rotatable bonds is 5. The molecule has 3 aromatic rings. The number of halogens is 1. The zero-order valence-corrected chi connectivity index (χ0v) is 15.7. The molecule has 2 heterocycles. The molecule has 3 rings (SSSR count). The number of nitrogens with one attached hydrogen (secondary N) is 1. The van der Waals surface area contributed by atoms with Crippen molar-refractivity contribution in [3.63, 3.8) is 0 Å². The lowest BCUT2D eigenvalue weighted by Crippen LogP contribution is -2.30. The van der Waals surface area contributed by atoms with E-state index in [9.17, 15) is 9.90 Å². The summed E-state index contributed by atoms with van der Waals surface area (Å²) in [6.07, 6.45) is 1.67. The van der Waals surface area contributed by atoms with E-state index < -0.39 is 0 Å². The van der Waals surface area contributed by atoms with Gasteiger partial charge in [-0.15, -0.1) is 0 Å². The van der Waals surface area contributed by atoms with Gasteiger partial charge in [0.15, 0.2) is 0 Å². The number of hydrogen-bond acceptors (Lipinski definition) is 5. The highest BCUT2D eigenvalue weighted by Crippen LogP contribution is 2.27. The number of hydrogen-bond donors (Lipinski definition) is 2. The van der Waals surface area contributed by atoms with Crippen molar-refractivity contribution < 1.29 is 5.11 Å². The molecule has 0 radical (unpaired) electrons. The molecule has 0 bridgehead atoms. The first-order valence-electron chi connectivity index (χ1n) is 8.41. The summed E-state index contributed by atoms with van der Waals surface area (Å²) in [5.74, 6) is 0.594. The molecule has 1 atom stereocenters. The second-order valence-electron chi connectivity index (χ2n) is 6.55. The van der Waals surface area contributed by atoms with Crippen LogP contribution in [0.15, 0.2) is 41.3 Å². The molecule has 0 spiro atoms. The molecule has 0 saturated heterocycles. The Morgan fingerprint density at radius 1 is 1.27 bits per heavy atom. The smallest absolute Gasteiger partial charge is 0.259 e. The van der Waals surface area contributed by atoms with E-state index in [0.29, 0.717) is 27.7 Å². The number of anilines is 1. The van der Waals surface area contributed by atoms with Crippen LogP contribution in [0.3, 0.4) is 0 Å². The molecule has 0 aliphatic rings. The molecule has 0 aliphatic heterocycles. The monoisotopic (exact) mass is 372 g/mol. The predicted octanol–water partition coefficient (Wildman–Crippen LogP) is 3.08. The van der Waals surface area contributed by atoms with E-state index in [1.807, 2.05) is 32.0 Å². The highest BCUT2D eigenvalue weighted by molar-refractivity contribution is 6.33. The quantitative estimate of drug-likeness (QED) is 0.719. The standard InChI is InChI=1S/C19H21ClN4O2/c1-11(2)16(10-25)22-19-21-9-12-8-14(13-6-4-5-7-15(13)20)18(26)24(3)17(12)23-19/h4-9,11,16,25H,10H2,1-3H3,(H,21,22,23). The van der Waals surface area contributed by atoms with E-state index in [4.69, 9.17) is 11.6 Å². The number of aryl methyl sites for hydroxylation is 1. The minimum Gasteiger partial charge on any atom is -0.394 e. The molecule has 0 amide bonds. The van der Waals surface area contributed by atoms with Gasteiger partial charge < -0.3 is 10.4 Å². The SMILES string of the molecule is CC(C)C(CO)Nc1ncc2cc(-c3ccccc3Cl)c(=O)n(C)c2n1. The van der Waals surface area contributed by atoms with E-state index >= 15 is 0 Å². The number of aliphatic hydroxyl groups excluding tert-OH is 1. The van der Waals surface area contributed by atoms with Crippen LogP contribution in [-0.4, -0.2) is 32.3 Å². The lowest BCUT2D eigenvalue weighted by atomic mass is 10.1. The number of nitrogens with zero attached hydrogens (tertiary/aromatic N) is 3. The maximum atomic E-state index is 12.8. The third kappa shape index (κ3) is 3.43. The zero-order valence-electron chi connectivity index (χ0n) is 14.9. The summed E-state index contributed by atoms with van der Waals surface area (Å²) in [7, 11) is 1.67. The summed E-state index contributed by atoms with van der Waals surface area (Å²) in [5, 5.41) is 13.8. The Balaban J connectivity index is 2.10. The molecule has 1 aromatic carbocycles. The van der Waals surface area contributed by atoms with Crippen LogP contribution < -0.4 is 10.9 Å². The van der Waals surface area contributed by atoms with Gasteiger partial charge in [-0.25, -0.2) is 4.98 Å². The van der Waals surface area contributed by atoms with Crippen LogP contribution in [-0.2, 0) is 7.05 Å². The molecule has 6 nitrogen and oxygen atoms in total. The first-order chi connectivity index (χ1) is 12.4. The molecule has 1 unspecified atom stereocenters. The van der Waals surface area contributed by atoms with Crippen LogP contribution in [0, 0.1) is 5.92 Å². The molecule has 0 saturated carbocycles. The molecule has 26 heavy (non-hydrogen) atoms. The first kappa shape index (κ1) is 18.4. The lowest BCUT2D eigenvalue weighted by Gasteiger charge is -2.20. The number of pyridine rings is 1. The topological polar surface area (TPSA) is 80.0 Å². The normalized spacial score (nSPS) is 12.5. The van der Waals surface area contributed by atoms with E-state index in [1.54, 1.807) is 25.4 Å². The Morgan fingerprint density at radius 2 is 2.00 bits per heavy atom. The van der Waals surface area contributed by atoms with Crippen molar-refractivity contribution in [1.82, 2.24) is 14.5 Å². The third-order valence-electron chi connectivity index (χ3n) is 4.43. The Labute approximate surface area is 156 Å². The summed E-state index contributed by atoms with van der Waals surface area (Å²) in [6, 6.07) is 8.84. The Kier molecular flexibility index (Phi) is 5.25. The fourth-order valence-corrected chi connectivity index (χ4v) is 3.02. The predicted molar refractivity (Wildman–Crippen MR) is 105 cm³/mol.